The van der Waals surface area contributed by atoms with Crippen molar-refractivity contribution in [1.29, 1.82) is 0 Å². The van der Waals surface area contributed by atoms with Gasteiger partial charge < -0.3 is 44.0 Å². The molecule has 2 aliphatic rings. The monoisotopic (exact) mass is 704 g/mol. The van der Waals surface area contributed by atoms with E-state index in [9.17, 15) is 14.4 Å². The summed E-state index contributed by atoms with van der Waals surface area (Å²) in [6.45, 7) is 6.22. The molecule has 3 aromatic rings. The van der Waals surface area contributed by atoms with Crippen molar-refractivity contribution < 1.29 is 38.0 Å². The van der Waals surface area contributed by atoms with E-state index in [-0.39, 0.29) is 22.9 Å². The standard InChI is InChI=1S/C38H48N4O9/c1-22(38(45)42-17-15-41(16-18-42)21-25-10-14-31(46-3)35(49-6)34(25)48-5)39-29-13-11-26-27(20-30(29)44)28(40-23(2)43)12-9-24-19-32(47-4)36(50-7)37(51-8)33(24)26/h10-11,13-14,19-20,22,28H,9,12,15-18,21H2,1-8H3,(H,39,44)(H,40,43). The Labute approximate surface area is 298 Å². The highest BCUT2D eigenvalue weighted by atomic mass is 16.5. The molecule has 2 atom stereocenters. The number of nitrogens with zero attached hydrogens (tertiary/aromatic N) is 2. The first-order valence-electron chi connectivity index (χ1n) is 16.9. The highest BCUT2D eigenvalue weighted by Crippen LogP contribution is 2.50. The Hall–Kier alpha value is -5.17. The van der Waals surface area contributed by atoms with Crippen LogP contribution >= 0.6 is 0 Å². The SMILES string of the molecule is COc1ccc(CN2CCN(C(=O)C(C)Nc3ccc4c(cc3=O)C(NC(C)=O)CCc3cc(OC)c(OC)c(OC)c3-4)CC2)c(OC)c1OC. The number of methoxy groups -OCH3 is 6. The van der Waals surface area contributed by atoms with Crippen molar-refractivity contribution in [3.05, 3.63) is 63.3 Å². The van der Waals surface area contributed by atoms with Gasteiger partial charge in [0, 0.05) is 50.8 Å². The highest BCUT2D eigenvalue weighted by molar-refractivity contribution is 5.86. The molecule has 1 aliphatic carbocycles. The molecule has 0 aromatic heterocycles. The molecule has 1 saturated heterocycles. The molecule has 51 heavy (non-hydrogen) atoms. The fraction of sp³-hybridized carbons (Fsp3) is 0.447. The molecule has 1 fully saturated rings. The lowest BCUT2D eigenvalue weighted by Gasteiger charge is -2.36. The summed E-state index contributed by atoms with van der Waals surface area (Å²) in [7, 11) is 9.44. The summed E-state index contributed by atoms with van der Waals surface area (Å²) in [4.78, 5) is 43.8. The second-order valence-electron chi connectivity index (χ2n) is 12.6. The van der Waals surface area contributed by atoms with E-state index in [0.717, 1.165) is 16.7 Å². The summed E-state index contributed by atoms with van der Waals surface area (Å²) < 4.78 is 33.8. The summed E-state index contributed by atoms with van der Waals surface area (Å²) in [6.07, 6.45) is 1.14. The first kappa shape index (κ1) is 37.1. The third-order valence-electron chi connectivity index (χ3n) is 9.52. The minimum atomic E-state index is -0.672. The summed E-state index contributed by atoms with van der Waals surface area (Å²) in [5.41, 5.74) is 3.97. The van der Waals surface area contributed by atoms with Crippen LogP contribution in [-0.4, -0.2) is 96.5 Å². The minimum Gasteiger partial charge on any atom is -0.493 e. The first-order valence-corrected chi connectivity index (χ1v) is 16.9. The summed E-state index contributed by atoms with van der Waals surface area (Å²) in [5.74, 6) is 2.87. The Bertz CT molecular complexity index is 1820. The molecule has 0 radical (unpaired) electrons. The molecule has 2 N–H and O–H groups in total. The molecule has 0 spiro atoms. The summed E-state index contributed by atoms with van der Waals surface area (Å²) in [6, 6.07) is 9.69. The zero-order chi connectivity index (χ0) is 36.8. The largest absolute Gasteiger partial charge is 0.493 e. The molecule has 0 saturated carbocycles. The van der Waals surface area contributed by atoms with Crippen molar-refractivity contribution in [3.8, 4) is 45.6 Å². The van der Waals surface area contributed by atoms with Gasteiger partial charge in [-0.25, -0.2) is 0 Å². The van der Waals surface area contributed by atoms with E-state index in [1.54, 1.807) is 61.7 Å². The number of hydrogen-bond acceptors (Lipinski definition) is 11. The van der Waals surface area contributed by atoms with E-state index in [2.05, 4.69) is 15.5 Å². The number of carbonyl (C=O) groups excluding carboxylic acids is 2. The molecule has 2 unspecified atom stereocenters. The smallest absolute Gasteiger partial charge is 0.244 e. The van der Waals surface area contributed by atoms with E-state index in [1.165, 1.54) is 6.92 Å². The second-order valence-corrected chi connectivity index (χ2v) is 12.6. The van der Waals surface area contributed by atoms with E-state index < -0.39 is 12.1 Å². The number of anilines is 1. The molecule has 13 nitrogen and oxygen atoms in total. The Morgan fingerprint density at radius 2 is 1.45 bits per heavy atom. The van der Waals surface area contributed by atoms with Gasteiger partial charge >= 0.3 is 0 Å². The van der Waals surface area contributed by atoms with Gasteiger partial charge in [0.25, 0.3) is 0 Å². The Morgan fingerprint density at radius 1 is 0.804 bits per heavy atom. The predicted molar refractivity (Wildman–Crippen MR) is 194 cm³/mol. The van der Waals surface area contributed by atoms with Gasteiger partial charge in [-0.15, -0.1) is 0 Å². The first-order chi connectivity index (χ1) is 24.6. The lowest BCUT2D eigenvalue weighted by molar-refractivity contribution is -0.133. The van der Waals surface area contributed by atoms with E-state index in [1.807, 2.05) is 29.2 Å². The third kappa shape index (κ3) is 7.63. The normalized spacial score (nSPS) is 16.1. The van der Waals surface area contributed by atoms with Crippen LogP contribution in [0.3, 0.4) is 0 Å². The van der Waals surface area contributed by atoms with Gasteiger partial charge in [0.05, 0.1) is 54.4 Å². The Balaban J connectivity index is 1.37. The van der Waals surface area contributed by atoms with E-state index in [0.29, 0.717) is 91.2 Å². The number of rotatable bonds is 12. The average Bonchev–Trinajstić information content (AvgIpc) is 3.38. The average molecular weight is 705 g/mol. The third-order valence-corrected chi connectivity index (χ3v) is 9.52. The highest BCUT2D eigenvalue weighted by Gasteiger charge is 2.31. The van der Waals surface area contributed by atoms with Crippen molar-refractivity contribution in [1.82, 2.24) is 15.1 Å². The van der Waals surface area contributed by atoms with Crippen molar-refractivity contribution in [2.24, 2.45) is 0 Å². The quantitative estimate of drug-likeness (QED) is 0.283. The number of benzene rings is 2. The molecule has 0 bridgehead atoms. The number of aryl methyl sites for hydroxylation is 1. The molecule has 1 aliphatic heterocycles. The number of fused-ring (bicyclic) bond motifs is 3. The topological polar surface area (TPSA) is 137 Å². The van der Waals surface area contributed by atoms with E-state index >= 15 is 0 Å². The van der Waals surface area contributed by atoms with Gasteiger partial charge in [-0.05, 0) is 60.7 Å². The van der Waals surface area contributed by atoms with Crippen LogP contribution in [0.2, 0.25) is 0 Å². The molecule has 2 amide bonds. The maximum absolute atomic E-state index is 13.8. The molecule has 3 aromatic carbocycles. The zero-order valence-corrected chi connectivity index (χ0v) is 30.6. The number of carbonyl (C=O) groups is 2. The van der Waals surface area contributed by atoms with Crippen molar-refractivity contribution in [2.45, 2.75) is 45.3 Å². The van der Waals surface area contributed by atoms with Gasteiger partial charge in [0.2, 0.25) is 28.7 Å². The summed E-state index contributed by atoms with van der Waals surface area (Å²) in [5, 5.41) is 6.20. The lowest BCUT2D eigenvalue weighted by Crippen LogP contribution is -2.52. The minimum absolute atomic E-state index is 0.106. The fourth-order valence-corrected chi connectivity index (χ4v) is 7.05. The maximum atomic E-state index is 13.8. The van der Waals surface area contributed by atoms with Crippen LogP contribution in [0.5, 0.6) is 34.5 Å². The van der Waals surface area contributed by atoms with Crippen LogP contribution in [0.1, 0.15) is 43.0 Å². The van der Waals surface area contributed by atoms with Crippen LogP contribution in [0.25, 0.3) is 11.1 Å². The van der Waals surface area contributed by atoms with E-state index in [4.69, 9.17) is 28.4 Å². The van der Waals surface area contributed by atoms with Crippen molar-refractivity contribution in [2.75, 3.05) is 74.2 Å². The number of piperazine rings is 1. The van der Waals surface area contributed by atoms with Crippen molar-refractivity contribution in [3.63, 3.8) is 0 Å². The molecule has 274 valence electrons. The van der Waals surface area contributed by atoms with Crippen LogP contribution in [-0.2, 0) is 22.6 Å². The van der Waals surface area contributed by atoms with Gasteiger partial charge in [0.1, 0.15) is 6.04 Å². The molecule has 5 rings (SSSR count). The van der Waals surface area contributed by atoms with Gasteiger partial charge in [-0.2, -0.15) is 0 Å². The lowest BCUT2D eigenvalue weighted by atomic mass is 9.95. The second kappa shape index (κ2) is 16.2. The van der Waals surface area contributed by atoms with Crippen LogP contribution in [0, 0.1) is 0 Å². The fourth-order valence-electron chi connectivity index (χ4n) is 7.05. The number of amides is 2. The van der Waals surface area contributed by atoms with Gasteiger partial charge in [-0.1, -0.05) is 12.1 Å². The van der Waals surface area contributed by atoms with Gasteiger partial charge in [-0.3, -0.25) is 19.3 Å². The van der Waals surface area contributed by atoms with Gasteiger partial charge in [0.15, 0.2) is 23.0 Å². The van der Waals surface area contributed by atoms with Crippen LogP contribution in [0.4, 0.5) is 5.69 Å². The maximum Gasteiger partial charge on any atom is 0.244 e. The molecule has 13 heteroatoms. The van der Waals surface area contributed by atoms with Crippen molar-refractivity contribution >= 4 is 17.5 Å². The van der Waals surface area contributed by atoms with Crippen LogP contribution in [0.15, 0.2) is 41.2 Å². The summed E-state index contributed by atoms with van der Waals surface area (Å²) >= 11 is 0. The Morgan fingerprint density at radius 3 is 2.06 bits per heavy atom. The van der Waals surface area contributed by atoms with Crippen LogP contribution < -0.4 is 44.5 Å². The number of ether oxygens (including phenoxy) is 6. The predicted octanol–water partition coefficient (Wildman–Crippen LogP) is 4.03. The Kier molecular flexibility index (Phi) is 11.8. The molecular weight excluding hydrogens is 656 g/mol. The number of hydrogen-bond donors (Lipinski definition) is 2. The molecular formula is C38H48N4O9. The zero-order valence-electron chi connectivity index (χ0n) is 30.6. The molecule has 1 heterocycles. The number of nitrogens with one attached hydrogen (secondary N) is 2.